The van der Waals surface area contributed by atoms with Crippen molar-refractivity contribution in [3.05, 3.63) is 144 Å². The minimum absolute atomic E-state index is 0.0298. The molecule has 49 heteroatoms. The van der Waals surface area contributed by atoms with Gasteiger partial charge < -0.3 is 130 Å². The Morgan fingerprint density at radius 1 is 0.477 bits per heavy atom. The average Bonchev–Trinajstić information content (AvgIpc) is 1.78. The predicted octanol–water partition coefficient (Wildman–Crippen LogP) is -1.40. The van der Waals surface area contributed by atoms with Gasteiger partial charge in [-0.25, -0.2) is 4.79 Å². The molecule has 19 amide bonds. The third kappa shape index (κ3) is 31.7. The Morgan fingerprint density at radius 2 is 0.926 bits per heavy atom. The maximum Gasteiger partial charge on any atom is 0.327 e. The molecule has 149 heavy (non-hydrogen) atoms. The lowest BCUT2D eigenvalue weighted by molar-refractivity contribution is -0.158. The molecule has 5 aliphatic heterocycles. The van der Waals surface area contributed by atoms with E-state index < -0.39 is 228 Å². The van der Waals surface area contributed by atoms with E-state index >= 15 is 47.9 Å². The van der Waals surface area contributed by atoms with E-state index in [0.29, 0.717) is 55.0 Å². The van der Waals surface area contributed by atoms with E-state index in [-0.39, 0.29) is 176 Å². The molecule has 5 aliphatic rings. The molecule has 802 valence electrons. The highest BCUT2D eigenvalue weighted by atomic mass is 32.2. The van der Waals surface area contributed by atoms with Gasteiger partial charge in [-0.05, 0) is 110 Å². The highest BCUT2D eigenvalue weighted by Gasteiger charge is 2.46. The Labute approximate surface area is 876 Å². The minimum atomic E-state index is -1.94. The number of amides is 19. The highest BCUT2D eigenvalue weighted by molar-refractivity contribution is 7.99. The molecule has 7 aromatic rings. The van der Waals surface area contributed by atoms with Crippen LogP contribution >= 0.6 is 47.0 Å². The number of carbonyl (C=O) groups is 20. The molecule has 0 spiro atoms. The van der Waals surface area contributed by atoms with Gasteiger partial charge in [-0.3, -0.25) is 91.1 Å². The van der Waals surface area contributed by atoms with E-state index in [0.717, 1.165) is 35.3 Å². The van der Waals surface area contributed by atoms with Gasteiger partial charge in [-0.1, -0.05) is 105 Å². The molecule has 0 saturated carbocycles. The lowest BCUT2D eigenvalue weighted by atomic mass is 9.96. The first kappa shape index (κ1) is 114. The summed E-state index contributed by atoms with van der Waals surface area (Å²) < 4.78 is 0. The summed E-state index contributed by atoms with van der Waals surface area (Å²) in [4.78, 5) is 309. The van der Waals surface area contributed by atoms with Crippen LogP contribution in [0.5, 0.6) is 0 Å². The third-order valence-corrected chi connectivity index (χ3v) is 30.5. The zero-order valence-electron chi connectivity index (χ0n) is 83.2. The summed E-state index contributed by atoms with van der Waals surface area (Å²) in [5, 5.41) is 58.5. The van der Waals surface area contributed by atoms with Gasteiger partial charge in [0, 0.05) is 151 Å². The summed E-state index contributed by atoms with van der Waals surface area (Å²) in [6.45, 7) is 1.66. The van der Waals surface area contributed by atoms with E-state index in [1.54, 1.807) is 142 Å². The average molecular weight is 2140 g/mol. The molecule has 5 fully saturated rings. The number of unbranched alkanes of at least 4 members (excludes halogenated alkanes) is 1. The van der Waals surface area contributed by atoms with Crippen LogP contribution in [-0.4, -0.2) is 352 Å². The lowest BCUT2D eigenvalue weighted by Crippen LogP contribution is -2.64. The van der Waals surface area contributed by atoms with Crippen molar-refractivity contribution in [2.24, 2.45) is 17.4 Å². The van der Waals surface area contributed by atoms with Crippen molar-refractivity contribution in [2.75, 3.05) is 99.3 Å². The molecule has 5 saturated heterocycles. The van der Waals surface area contributed by atoms with Crippen LogP contribution in [0, 0.1) is 5.92 Å². The Hall–Kier alpha value is -13.8. The molecule has 15 atom stereocenters. The van der Waals surface area contributed by atoms with Gasteiger partial charge in [0.2, 0.25) is 112 Å². The topological polar surface area (TPSA) is 654 Å². The number of carbonyl (C=O) groups excluding carboxylic acids is 19. The van der Waals surface area contributed by atoms with Crippen LogP contribution in [0.4, 0.5) is 0 Å². The summed E-state index contributed by atoms with van der Waals surface area (Å²) in [5.74, 6) is -19.8. The first-order valence-corrected chi connectivity index (χ1v) is 54.5. The number of carboxylic acids is 1. The molecule has 4 aromatic carbocycles. The van der Waals surface area contributed by atoms with Crippen molar-refractivity contribution < 1.29 is 106 Å². The van der Waals surface area contributed by atoms with Crippen molar-refractivity contribution >= 4 is 198 Å². The fraction of sp³-hybridized carbons (Fsp3) is 0.500. The van der Waals surface area contributed by atoms with Crippen molar-refractivity contribution in [1.29, 1.82) is 0 Å². The van der Waals surface area contributed by atoms with Crippen LogP contribution in [-0.2, 0) is 122 Å². The molecular formula is C100H131N23O22S4. The summed E-state index contributed by atoms with van der Waals surface area (Å²) >= 11 is 4.31. The standard InChI is InChI=1S/C100H131N23O22S4/c1-5-56(2)86-97(141)114-72(42-60-46-104-66-24-13-10-21-63(60)66)91(135)117-78(100(144)145)52-149-39-32-85(130)121-54-119-53-120(55-121)84(129)31-38-148-51-77(107-57(3)125)99(143)123-35-28-80(123)95(139)113-70(40-58-18-7-6-8-19-58)87(131)106-48-82(127)108-76(50-147-37-30-83(119)128)94(138)110-69(29-36-146-4)89(133)109-68(26-15-16-33-101)88(132)112-73(44-81(102)126)92(136)111-71(41-59-45-103-65-23-12-9-20-62(59)65)90(134)116-75(49-124)93(137)115-74(43-61-47-105-67-25-14-11-22-64(61)67)98(142)122-34-17-27-79(122)96(140)118-86/h6-14,18-25,45-47,56,68-80,86,103-105,124H,5,15-17,26-44,48-55,101H2,1-4H3,(H2,102,126)(H,106,131)(H,107,125)(H,108,127)(H,109,133)(H,110,138)(H,111,136)(H,112,132)(H,113,139)(H,114,141)(H,115,137)(H,116,134)(H,117,135)(H,118,140)(H,144,145)/t56-,68-,69-,70-,71-,72-,73-,74-,75-,76-,77+,78-,79-,80-,86-/m0/s1. The van der Waals surface area contributed by atoms with Gasteiger partial charge in [0.05, 0.1) is 39.6 Å². The second kappa shape index (κ2) is 55.5. The third-order valence-electron chi connectivity index (χ3n) is 26.7. The smallest absolute Gasteiger partial charge is 0.327 e. The van der Waals surface area contributed by atoms with Gasteiger partial charge in [0.15, 0.2) is 0 Å². The fourth-order valence-corrected chi connectivity index (χ4v) is 21.5. The number of H-pyrrole nitrogens is 3. The second-order valence-corrected chi connectivity index (χ2v) is 41.8. The monoisotopic (exact) mass is 2130 g/mol. The molecule has 8 heterocycles. The maximum absolute atomic E-state index is 15.7. The second-order valence-electron chi connectivity index (χ2n) is 37.4. The predicted molar refractivity (Wildman–Crippen MR) is 558 cm³/mol. The molecule has 4 bridgehead atoms. The first-order chi connectivity index (χ1) is 71.6. The number of nitrogens with one attached hydrogen (secondary N) is 16. The Morgan fingerprint density at radius 3 is 1.46 bits per heavy atom. The zero-order valence-corrected chi connectivity index (χ0v) is 86.5. The molecule has 45 nitrogen and oxygen atoms in total. The van der Waals surface area contributed by atoms with Crippen molar-refractivity contribution in [1.82, 2.24) is 109 Å². The summed E-state index contributed by atoms with van der Waals surface area (Å²) in [7, 11) is 0. The van der Waals surface area contributed by atoms with Gasteiger partial charge in [-0.15, -0.1) is 0 Å². The van der Waals surface area contributed by atoms with Crippen molar-refractivity contribution in [2.45, 2.75) is 208 Å². The number of rotatable bonds is 22. The van der Waals surface area contributed by atoms with Gasteiger partial charge in [0.25, 0.3) is 0 Å². The number of primary amides is 1. The highest BCUT2D eigenvalue weighted by Crippen LogP contribution is 2.29. The minimum Gasteiger partial charge on any atom is -0.480 e. The van der Waals surface area contributed by atoms with E-state index in [1.807, 2.05) is 0 Å². The lowest BCUT2D eigenvalue weighted by Gasteiger charge is -2.42. The molecule has 0 unspecified atom stereocenters. The number of fused-ring (bicyclic) bond motifs is 12. The number of nitrogens with zero attached hydrogens (tertiary/aromatic N) is 5. The number of aromatic amines is 3. The number of hydrogen-bond acceptors (Lipinski definition) is 26. The van der Waals surface area contributed by atoms with Crippen LogP contribution in [0.1, 0.15) is 120 Å². The van der Waals surface area contributed by atoms with Gasteiger partial charge >= 0.3 is 5.97 Å². The van der Waals surface area contributed by atoms with E-state index in [2.05, 4.69) is 84.1 Å². The van der Waals surface area contributed by atoms with Gasteiger partial charge in [0.1, 0.15) is 84.6 Å². The van der Waals surface area contributed by atoms with Crippen LogP contribution in [0.2, 0.25) is 0 Å². The summed E-state index contributed by atoms with van der Waals surface area (Å²) in [6, 6.07) is 7.85. The summed E-state index contributed by atoms with van der Waals surface area (Å²) in [6.07, 6.45) is 4.41. The normalized spacial score (nSPS) is 24.9. The number of nitrogens with two attached hydrogens (primary N) is 2. The van der Waals surface area contributed by atoms with Crippen molar-refractivity contribution in [3.63, 3.8) is 0 Å². The van der Waals surface area contributed by atoms with Gasteiger partial charge in [-0.2, -0.15) is 47.0 Å². The fourth-order valence-electron chi connectivity index (χ4n) is 18.2. The number of carboxylic acid groups (broad SMARTS) is 1. The number of aliphatic carboxylic acids is 1. The maximum atomic E-state index is 15.7. The molecular weight excluding hydrogens is 2000 g/mol. The molecule has 22 N–H and O–H groups in total. The molecule has 3 aromatic heterocycles. The number of thioether (sulfide) groups is 4. The largest absolute Gasteiger partial charge is 0.480 e. The quantitative estimate of drug-likeness (QED) is 0.0347. The zero-order chi connectivity index (χ0) is 107. The Balaban J connectivity index is 0.885. The number of aliphatic hydroxyl groups is 1. The van der Waals surface area contributed by atoms with Crippen LogP contribution in [0.25, 0.3) is 32.7 Å². The van der Waals surface area contributed by atoms with E-state index in [9.17, 15) is 58.2 Å². The van der Waals surface area contributed by atoms with E-state index in [1.165, 1.54) is 43.2 Å². The number of benzene rings is 4. The van der Waals surface area contributed by atoms with Crippen LogP contribution in [0.15, 0.2) is 122 Å². The van der Waals surface area contributed by atoms with Crippen LogP contribution < -0.4 is 80.6 Å². The Bertz CT molecular complexity index is 6010. The molecule has 0 aliphatic carbocycles. The number of para-hydroxylation sites is 3. The SMILES string of the molecule is CC[C@H](C)[C@@H]1NC(=O)[C@@H]2CCCN2C(=O)[C@H](Cc2c[nH]c3ccccc23)NC(=O)[C@H](CO)NC(=O)[C@H](Cc2c[nH]c3ccccc23)NC(=O)[C@H](CC(N)=O)NC(=O)[C@H](CCCCN)NC(=O)[C@H](CCSC)NC(=O)[C@@H]2CSCCC(=O)N3CN(CN(C3)C(=O)CCSC[C@@H](NC(C)=O)C(=O)N3CC[C@H]3C(=O)N[C@@H](Cc3ccccc3)C(=O)NCC(=O)N2)C(=O)CCSC[C@@H](C(=O)O)NC(=O)[C@H](Cc2c[nH]c3ccccc23)NC1=O. The molecule has 0 radical (unpaired) electrons. The summed E-state index contributed by atoms with van der Waals surface area (Å²) in [5.41, 5.74) is 15.7. The number of aromatic nitrogens is 3. The van der Waals surface area contributed by atoms with Crippen LogP contribution in [0.3, 0.4) is 0 Å². The first-order valence-electron chi connectivity index (χ1n) is 49.7. The number of aliphatic hydroxyl groups excluding tert-OH is 1. The number of hydrogen-bond donors (Lipinski definition) is 20. The Kier molecular flexibility index (Phi) is 42.4. The van der Waals surface area contributed by atoms with Crippen molar-refractivity contribution in [3.8, 4) is 0 Å². The van der Waals surface area contributed by atoms with E-state index in [4.69, 9.17) is 11.5 Å². The molecule has 12 rings (SSSR count).